The SMILES string of the molecule is O=C1NCCCC1C(=O)N(Cc1ccco1)c1ccc(Cl)cc1. The van der Waals surface area contributed by atoms with Gasteiger partial charge in [0.05, 0.1) is 12.8 Å². The lowest BCUT2D eigenvalue weighted by Gasteiger charge is -2.28. The van der Waals surface area contributed by atoms with Crippen molar-refractivity contribution in [2.45, 2.75) is 19.4 Å². The first-order valence-electron chi connectivity index (χ1n) is 7.52. The number of halogens is 1. The van der Waals surface area contributed by atoms with Crippen molar-refractivity contribution < 1.29 is 14.0 Å². The molecule has 1 aliphatic heterocycles. The molecule has 1 N–H and O–H groups in total. The molecule has 1 atom stereocenters. The van der Waals surface area contributed by atoms with Crippen molar-refractivity contribution in [2.75, 3.05) is 11.4 Å². The third-order valence-corrected chi connectivity index (χ3v) is 4.13. The lowest BCUT2D eigenvalue weighted by atomic mass is 9.96. The van der Waals surface area contributed by atoms with Crippen LogP contribution in [0.5, 0.6) is 0 Å². The fraction of sp³-hybridized carbons (Fsp3) is 0.294. The van der Waals surface area contributed by atoms with Gasteiger partial charge >= 0.3 is 0 Å². The highest BCUT2D eigenvalue weighted by Gasteiger charge is 2.33. The predicted molar refractivity (Wildman–Crippen MR) is 87.1 cm³/mol. The molecule has 120 valence electrons. The number of benzene rings is 1. The monoisotopic (exact) mass is 332 g/mol. The molecule has 3 rings (SSSR count). The van der Waals surface area contributed by atoms with Gasteiger partial charge in [0.1, 0.15) is 11.7 Å². The van der Waals surface area contributed by atoms with Crippen molar-refractivity contribution in [3.63, 3.8) is 0 Å². The van der Waals surface area contributed by atoms with Crippen LogP contribution in [-0.4, -0.2) is 18.4 Å². The second kappa shape index (κ2) is 6.87. The number of furan rings is 1. The van der Waals surface area contributed by atoms with Gasteiger partial charge in [-0.05, 0) is 49.2 Å². The Labute approximate surface area is 139 Å². The van der Waals surface area contributed by atoms with Crippen molar-refractivity contribution in [2.24, 2.45) is 5.92 Å². The van der Waals surface area contributed by atoms with Crippen LogP contribution in [0.4, 0.5) is 5.69 Å². The van der Waals surface area contributed by atoms with Gasteiger partial charge in [-0.25, -0.2) is 0 Å². The summed E-state index contributed by atoms with van der Waals surface area (Å²) in [6, 6.07) is 10.6. The molecule has 5 nitrogen and oxygen atoms in total. The lowest BCUT2D eigenvalue weighted by Crippen LogP contribution is -2.46. The number of amides is 2. The van der Waals surface area contributed by atoms with Crippen LogP contribution in [-0.2, 0) is 16.1 Å². The van der Waals surface area contributed by atoms with Crippen LogP contribution in [0, 0.1) is 5.92 Å². The highest BCUT2D eigenvalue weighted by atomic mass is 35.5. The summed E-state index contributed by atoms with van der Waals surface area (Å²) in [7, 11) is 0. The van der Waals surface area contributed by atoms with Crippen LogP contribution in [0.1, 0.15) is 18.6 Å². The van der Waals surface area contributed by atoms with E-state index in [1.54, 1.807) is 47.6 Å². The van der Waals surface area contributed by atoms with Crippen molar-refractivity contribution in [1.82, 2.24) is 5.32 Å². The van der Waals surface area contributed by atoms with Gasteiger partial charge in [0.15, 0.2) is 0 Å². The first-order chi connectivity index (χ1) is 11.1. The third-order valence-electron chi connectivity index (χ3n) is 3.88. The molecular formula is C17H17ClN2O3. The van der Waals surface area contributed by atoms with Gasteiger partial charge in [-0.2, -0.15) is 0 Å². The summed E-state index contributed by atoms with van der Waals surface area (Å²) < 4.78 is 5.35. The standard InChI is InChI=1S/C17H17ClN2O3/c18-12-5-7-13(8-6-12)20(11-14-3-2-10-23-14)17(22)15-4-1-9-19-16(15)21/h2-3,5-8,10,15H,1,4,9,11H2,(H,19,21). The molecule has 0 bridgehead atoms. The summed E-state index contributed by atoms with van der Waals surface area (Å²) >= 11 is 5.92. The molecule has 6 heteroatoms. The zero-order valence-electron chi connectivity index (χ0n) is 12.5. The van der Waals surface area contributed by atoms with Crippen LogP contribution in [0.25, 0.3) is 0 Å². The minimum Gasteiger partial charge on any atom is -0.467 e. The van der Waals surface area contributed by atoms with Crippen molar-refractivity contribution in [3.05, 3.63) is 53.4 Å². The summed E-state index contributed by atoms with van der Waals surface area (Å²) in [4.78, 5) is 26.5. The molecule has 1 aromatic heterocycles. The van der Waals surface area contributed by atoms with Gasteiger partial charge in [-0.3, -0.25) is 9.59 Å². The van der Waals surface area contributed by atoms with Crippen LogP contribution >= 0.6 is 11.6 Å². The van der Waals surface area contributed by atoms with E-state index in [-0.39, 0.29) is 18.4 Å². The molecule has 0 radical (unpaired) electrons. The first-order valence-corrected chi connectivity index (χ1v) is 7.90. The van der Waals surface area contributed by atoms with Gasteiger partial charge in [0.2, 0.25) is 11.8 Å². The topological polar surface area (TPSA) is 62.6 Å². The molecule has 0 spiro atoms. The Morgan fingerprint density at radius 2 is 2.09 bits per heavy atom. The molecule has 1 saturated heterocycles. The molecule has 1 aromatic carbocycles. The number of hydrogen-bond donors (Lipinski definition) is 1. The Bertz CT molecular complexity index is 682. The van der Waals surface area contributed by atoms with E-state index in [1.165, 1.54) is 0 Å². The van der Waals surface area contributed by atoms with Gasteiger partial charge < -0.3 is 14.6 Å². The number of rotatable bonds is 4. The van der Waals surface area contributed by atoms with Crippen molar-refractivity contribution in [1.29, 1.82) is 0 Å². The quantitative estimate of drug-likeness (QED) is 0.875. The van der Waals surface area contributed by atoms with E-state index in [0.717, 1.165) is 6.42 Å². The van der Waals surface area contributed by atoms with E-state index < -0.39 is 5.92 Å². The van der Waals surface area contributed by atoms with Crippen molar-refractivity contribution in [3.8, 4) is 0 Å². The van der Waals surface area contributed by atoms with Crippen molar-refractivity contribution >= 4 is 29.1 Å². The fourth-order valence-corrected chi connectivity index (χ4v) is 2.80. The van der Waals surface area contributed by atoms with Crippen LogP contribution < -0.4 is 10.2 Å². The van der Waals surface area contributed by atoms with E-state index in [2.05, 4.69) is 5.32 Å². The summed E-state index contributed by atoms with van der Waals surface area (Å²) in [5.74, 6) is -0.431. The van der Waals surface area contributed by atoms with E-state index >= 15 is 0 Å². The number of carbonyl (C=O) groups is 2. The molecule has 2 amide bonds. The van der Waals surface area contributed by atoms with E-state index in [0.29, 0.717) is 29.4 Å². The predicted octanol–water partition coefficient (Wildman–Crippen LogP) is 2.99. The van der Waals surface area contributed by atoms with Gasteiger partial charge in [0.25, 0.3) is 0 Å². The third kappa shape index (κ3) is 3.56. The smallest absolute Gasteiger partial charge is 0.239 e. The zero-order valence-corrected chi connectivity index (χ0v) is 13.3. The summed E-state index contributed by atoms with van der Waals surface area (Å²) in [6.45, 7) is 0.902. The number of nitrogens with zero attached hydrogens (tertiary/aromatic N) is 1. The number of anilines is 1. The fourth-order valence-electron chi connectivity index (χ4n) is 2.67. The normalized spacial score (nSPS) is 17.6. The van der Waals surface area contributed by atoms with E-state index in [9.17, 15) is 9.59 Å². The minimum atomic E-state index is -0.658. The summed E-state index contributed by atoms with van der Waals surface area (Å²) in [5.41, 5.74) is 0.689. The molecule has 2 aromatic rings. The minimum absolute atomic E-state index is 0.209. The zero-order chi connectivity index (χ0) is 16.2. The summed E-state index contributed by atoms with van der Waals surface area (Å²) in [6.07, 6.45) is 2.93. The molecule has 0 aliphatic carbocycles. The second-order valence-corrected chi connectivity index (χ2v) is 5.90. The van der Waals surface area contributed by atoms with E-state index in [4.69, 9.17) is 16.0 Å². The van der Waals surface area contributed by atoms with Crippen LogP contribution in [0.2, 0.25) is 5.02 Å². The highest BCUT2D eigenvalue weighted by Crippen LogP contribution is 2.24. The highest BCUT2D eigenvalue weighted by molar-refractivity contribution is 6.30. The molecular weight excluding hydrogens is 316 g/mol. The largest absolute Gasteiger partial charge is 0.467 e. The average Bonchev–Trinajstić information content (AvgIpc) is 3.07. The Kier molecular flexibility index (Phi) is 4.67. The molecule has 1 fully saturated rings. The van der Waals surface area contributed by atoms with Gasteiger partial charge in [0, 0.05) is 17.3 Å². The Balaban J connectivity index is 1.88. The first kappa shape index (κ1) is 15.6. The molecule has 23 heavy (non-hydrogen) atoms. The Morgan fingerprint density at radius 1 is 1.30 bits per heavy atom. The molecule has 0 saturated carbocycles. The van der Waals surface area contributed by atoms with Crippen LogP contribution in [0.3, 0.4) is 0 Å². The lowest BCUT2D eigenvalue weighted by molar-refractivity contribution is -0.135. The summed E-state index contributed by atoms with van der Waals surface area (Å²) in [5, 5.41) is 3.35. The van der Waals surface area contributed by atoms with Gasteiger partial charge in [-0.15, -0.1) is 0 Å². The van der Waals surface area contributed by atoms with Gasteiger partial charge in [-0.1, -0.05) is 11.6 Å². The maximum absolute atomic E-state index is 12.9. The number of carbonyl (C=O) groups excluding carboxylic acids is 2. The van der Waals surface area contributed by atoms with E-state index in [1.807, 2.05) is 0 Å². The maximum atomic E-state index is 12.9. The number of hydrogen-bond acceptors (Lipinski definition) is 3. The average molecular weight is 333 g/mol. The Morgan fingerprint density at radius 3 is 2.74 bits per heavy atom. The maximum Gasteiger partial charge on any atom is 0.239 e. The number of nitrogens with one attached hydrogen (secondary N) is 1. The number of piperidine rings is 1. The molecule has 2 heterocycles. The van der Waals surface area contributed by atoms with Crippen LogP contribution in [0.15, 0.2) is 47.1 Å². The Hall–Kier alpha value is -2.27. The second-order valence-electron chi connectivity index (χ2n) is 5.47. The molecule has 1 unspecified atom stereocenters. The molecule has 1 aliphatic rings.